The molecule has 0 radical (unpaired) electrons. The number of aliphatic hydroxyl groups is 3. The molecule has 1 aromatic rings. The van der Waals surface area contributed by atoms with E-state index in [2.05, 4.69) is 17.7 Å². The molecule has 4 heterocycles. The molecule has 1 aromatic carbocycles. The molecule has 19 nitrogen and oxygen atoms in total. The second-order valence-electron chi connectivity index (χ2n) is 23.9. The van der Waals surface area contributed by atoms with Crippen molar-refractivity contribution in [2.75, 3.05) is 52.2 Å². The van der Waals surface area contributed by atoms with Crippen LogP contribution in [-0.2, 0) is 54.3 Å². The molecule has 2 fully saturated rings. The summed E-state index contributed by atoms with van der Waals surface area (Å²) >= 11 is 0. The Morgan fingerprint density at radius 2 is 1.66 bits per heavy atom. The first-order valence-corrected chi connectivity index (χ1v) is 28.7. The number of allylic oxidation sites excluding steroid dienone is 2. The van der Waals surface area contributed by atoms with Gasteiger partial charge in [-0.05, 0) is 82.6 Å². The van der Waals surface area contributed by atoms with Crippen LogP contribution in [0.2, 0.25) is 0 Å². The van der Waals surface area contributed by atoms with Crippen molar-refractivity contribution in [3.05, 3.63) is 77.9 Å². The topological polar surface area (TPSA) is 251 Å². The molecule has 444 valence electrons. The normalized spacial score (nSPS) is 27.3. The number of ether oxygens (including phenoxy) is 4. The lowest BCUT2D eigenvalue weighted by molar-refractivity contribution is -0.926. The minimum Gasteiger partial charge on any atom is -0.457 e. The van der Waals surface area contributed by atoms with Crippen molar-refractivity contribution >= 4 is 47.2 Å². The first kappa shape index (κ1) is 65.2. The Labute approximate surface area is 473 Å². The van der Waals surface area contributed by atoms with Crippen LogP contribution in [0.25, 0.3) is 0 Å². The van der Waals surface area contributed by atoms with Crippen molar-refractivity contribution in [1.82, 2.24) is 15.1 Å². The Balaban J connectivity index is 1.11. The molecule has 80 heavy (non-hydrogen) atoms. The largest absolute Gasteiger partial charge is 0.457 e. The van der Waals surface area contributed by atoms with Gasteiger partial charge in [0, 0.05) is 74.1 Å². The average molecular weight is 1120 g/mol. The third kappa shape index (κ3) is 19.3. The van der Waals surface area contributed by atoms with E-state index in [1.54, 1.807) is 43.1 Å². The highest BCUT2D eigenvalue weighted by Gasteiger charge is 2.47. The summed E-state index contributed by atoms with van der Waals surface area (Å²) in [4.78, 5) is 93.1. The molecule has 0 aromatic heterocycles. The Bertz CT molecular complexity index is 2410. The van der Waals surface area contributed by atoms with Crippen LogP contribution in [-0.4, -0.2) is 172 Å². The number of methoxy groups -OCH3 is 1. The van der Waals surface area contributed by atoms with E-state index < -0.39 is 65.6 Å². The van der Waals surface area contributed by atoms with Gasteiger partial charge in [0.25, 0.3) is 11.8 Å². The second-order valence-corrected chi connectivity index (χ2v) is 23.9. The lowest BCUT2D eigenvalue weighted by atomic mass is 9.88. The number of carbonyl (C=O) groups excluding carboxylic acids is 7. The third-order valence-corrected chi connectivity index (χ3v) is 16.4. The summed E-state index contributed by atoms with van der Waals surface area (Å²) in [6.07, 6.45) is 10.5. The number of imide groups is 1. The Kier molecular flexibility index (Phi) is 24.0. The molecule has 5 N–H and O–H groups in total. The van der Waals surface area contributed by atoms with Gasteiger partial charge in [0.1, 0.15) is 18.2 Å². The van der Waals surface area contributed by atoms with Gasteiger partial charge in [0.05, 0.1) is 75.7 Å². The van der Waals surface area contributed by atoms with E-state index in [9.17, 15) is 48.9 Å². The molecule has 0 saturated carbocycles. The van der Waals surface area contributed by atoms with Crippen LogP contribution in [0.5, 0.6) is 0 Å². The maximum atomic E-state index is 14.0. The van der Waals surface area contributed by atoms with Gasteiger partial charge in [-0.2, -0.15) is 0 Å². The number of piperazine rings is 1. The number of likely N-dealkylation sites (N-methyl/N-ethyl adjacent to an activating group) is 1. The summed E-state index contributed by atoms with van der Waals surface area (Å²) in [6.45, 7) is 19.6. The minimum atomic E-state index is -1.20. The number of hydrogen-bond acceptors (Lipinski definition) is 14. The molecule has 12 atom stereocenters. The number of cyclic esters (lactones) is 1. The molecule has 4 aliphatic rings. The number of quaternary nitrogens is 1. The Morgan fingerprint density at radius 3 is 2.29 bits per heavy atom. The van der Waals surface area contributed by atoms with Gasteiger partial charge < -0.3 is 49.4 Å². The first-order valence-electron chi connectivity index (χ1n) is 28.7. The SMILES string of the molecule is CC[C@H](O)[C@@H](C)C1OC1C[C@@](C)(O)/C=C/C=C(\C)[C@H]1OC(=O)C[C@H](O)CC[C@@](C)(OC)[C@@H](OC(=O)N2CC[N+](C)(Cc3ccc(NC(=O)[C@H](C)CC(=O)[C@@H](NC(=O)CCCCCN4C(=O)C=CC4=O)C(C)C)cc3)CC2)/C=C/[C@@H]1C. The first-order chi connectivity index (χ1) is 37.7. The molecule has 5 rings (SSSR count). The van der Waals surface area contributed by atoms with Crippen molar-refractivity contribution in [3.8, 4) is 0 Å². The van der Waals surface area contributed by atoms with Crippen LogP contribution < -0.4 is 10.6 Å². The monoisotopic (exact) mass is 1120 g/mol. The Morgan fingerprint density at radius 1 is 1.00 bits per heavy atom. The fourth-order valence-electron chi connectivity index (χ4n) is 10.6. The number of benzene rings is 1. The maximum absolute atomic E-state index is 14.0. The highest BCUT2D eigenvalue weighted by Crippen LogP contribution is 2.38. The van der Waals surface area contributed by atoms with E-state index >= 15 is 0 Å². The van der Waals surface area contributed by atoms with Crippen LogP contribution in [0.4, 0.5) is 10.5 Å². The number of amides is 5. The number of rotatable bonds is 25. The molecular weight excluding hydrogens is 1030 g/mol. The van der Waals surface area contributed by atoms with E-state index in [0.717, 1.165) is 5.56 Å². The zero-order valence-corrected chi connectivity index (χ0v) is 49.2. The number of esters is 1. The number of carbonyl (C=O) groups is 7. The van der Waals surface area contributed by atoms with E-state index in [0.29, 0.717) is 87.1 Å². The highest BCUT2D eigenvalue weighted by molar-refractivity contribution is 6.12. The van der Waals surface area contributed by atoms with Crippen molar-refractivity contribution < 1.29 is 72.3 Å². The number of anilines is 1. The lowest BCUT2D eigenvalue weighted by Crippen LogP contribution is -2.58. The van der Waals surface area contributed by atoms with Crippen molar-refractivity contribution in [2.24, 2.45) is 23.7 Å². The molecule has 0 spiro atoms. The van der Waals surface area contributed by atoms with Crippen molar-refractivity contribution in [3.63, 3.8) is 0 Å². The maximum Gasteiger partial charge on any atom is 0.410 e. The van der Waals surface area contributed by atoms with E-state index in [1.807, 2.05) is 78.8 Å². The van der Waals surface area contributed by atoms with E-state index in [-0.39, 0.29) is 85.6 Å². The fraction of sp³-hybridized carbons (Fsp3) is 0.656. The van der Waals surface area contributed by atoms with Gasteiger partial charge in [-0.15, -0.1) is 0 Å². The summed E-state index contributed by atoms with van der Waals surface area (Å²) < 4.78 is 24.7. The van der Waals surface area contributed by atoms with Gasteiger partial charge >= 0.3 is 12.1 Å². The summed E-state index contributed by atoms with van der Waals surface area (Å²) in [5.41, 5.74) is 0.0646. The smallest absolute Gasteiger partial charge is 0.410 e. The zero-order chi connectivity index (χ0) is 59.1. The summed E-state index contributed by atoms with van der Waals surface area (Å²) in [6, 6.07) is 6.81. The molecule has 2 saturated heterocycles. The minimum absolute atomic E-state index is 0.0408. The third-order valence-electron chi connectivity index (χ3n) is 16.4. The molecule has 2 unspecified atom stereocenters. The van der Waals surface area contributed by atoms with Crippen LogP contribution in [0.15, 0.2) is 72.4 Å². The van der Waals surface area contributed by atoms with Gasteiger partial charge in [-0.1, -0.05) is 84.4 Å². The number of nitrogens with zero attached hydrogens (tertiary/aromatic N) is 3. The number of aliphatic hydroxyl groups excluding tert-OH is 2. The Hall–Kier alpha value is -5.57. The van der Waals surface area contributed by atoms with Crippen LogP contribution in [0.1, 0.15) is 132 Å². The molecular formula is C61H92N5O14+. The number of Topliss-reactive ketones (excluding diaryl/α,β-unsaturated/α-hetero) is 1. The van der Waals surface area contributed by atoms with E-state index in [4.69, 9.17) is 18.9 Å². The highest BCUT2D eigenvalue weighted by atomic mass is 16.6. The van der Waals surface area contributed by atoms with Crippen LogP contribution in [0.3, 0.4) is 0 Å². The fourth-order valence-corrected chi connectivity index (χ4v) is 10.6. The summed E-state index contributed by atoms with van der Waals surface area (Å²) in [5, 5.41) is 38.2. The van der Waals surface area contributed by atoms with Gasteiger partial charge in [0.2, 0.25) is 11.8 Å². The number of unbranched alkanes of at least 4 members (excludes halogenated alkanes) is 2. The van der Waals surface area contributed by atoms with Crippen molar-refractivity contribution in [1.29, 1.82) is 0 Å². The predicted octanol–water partition coefficient (Wildman–Crippen LogP) is 6.49. The number of epoxide rings is 1. The molecule has 0 aliphatic carbocycles. The summed E-state index contributed by atoms with van der Waals surface area (Å²) in [7, 11) is 3.67. The predicted molar refractivity (Wildman–Crippen MR) is 302 cm³/mol. The van der Waals surface area contributed by atoms with Gasteiger partial charge in [-0.25, -0.2) is 4.79 Å². The van der Waals surface area contributed by atoms with Crippen molar-refractivity contribution in [2.45, 2.75) is 187 Å². The number of nitrogens with one attached hydrogen (secondary N) is 2. The van der Waals surface area contributed by atoms with E-state index in [1.165, 1.54) is 24.2 Å². The number of hydrogen-bond donors (Lipinski definition) is 5. The van der Waals surface area contributed by atoms with Crippen LogP contribution in [0, 0.1) is 23.7 Å². The quantitative estimate of drug-likeness (QED) is 0.0134. The molecule has 19 heteroatoms. The molecule has 5 amide bonds. The van der Waals surface area contributed by atoms with Crippen LogP contribution >= 0.6 is 0 Å². The number of ketones is 1. The second kappa shape index (κ2) is 29.4. The molecule has 0 bridgehead atoms. The van der Waals surface area contributed by atoms with Gasteiger partial charge in [-0.3, -0.25) is 38.6 Å². The standard InChI is InChI=1S/C61H91N5O14/c1-12-47(68)43(7)57-49(78-57)37-60(8,76)28-16-17-40(4)56-41(5)19-24-50(61(9,77-11)29-27-46(67)36-54(73)80-56)79-59(75)64-31-33-66(10,34-32-64)38-44-20-22-45(23-21-44)62-58(74)42(6)35-48(69)55(39(2)3)63-51(70)18-14-13-15-30-65-52(71)25-26-53(65)72/h16-17,19-26,28,39,41-43,46-47,49-50,55-57,67-68,76H,12-15,18,27,29-38H2,1-11H3,(H-,62,63,70,74)/p+1/b24-19+,28-16+,40-17+/t41-,42+,43+,46+,47-,49?,50-,55-,56+,57?,60-,61+/m0/s1. The average Bonchev–Trinajstić information content (AvgIpc) is 4.10. The lowest BCUT2D eigenvalue weighted by Gasteiger charge is -2.42. The summed E-state index contributed by atoms with van der Waals surface area (Å²) in [5.74, 6) is -3.33. The molecule has 4 aliphatic heterocycles. The van der Waals surface area contributed by atoms with Gasteiger partial charge in [0.15, 0.2) is 11.9 Å². The zero-order valence-electron chi connectivity index (χ0n) is 49.2.